The molecule has 3 rings (SSSR count). The Kier molecular flexibility index (Phi) is 5.80. The highest BCUT2D eigenvalue weighted by atomic mass is 32.2. The summed E-state index contributed by atoms with van der Waals surface area (Å²) >= 11 is 0. The van der Waals surface area contributed by atoms with Gasteiger partial charge in [-0.05, 0) is 60.9 Å². The minimum absolute atomic E-state index is 0.134. The van der Waals surface area contributed by atoms with Gasteiger partial charge in [-0.25, -0.2) is 8.42 Å². The third kappa shape index (κ3) is 4.98. The molecule has 3 aromatic carbocycles. The lowest BCUT2D eigenvalue weighted by Crippen LogP contribution is -2.15. The van der Waals surface area contributed by atoms with E-state index in [0.29, 0.717) is 11.4 Å². The molecule has 28 heavy (non-hydrogen) atoms. The van der Waals surface area contributed by atoms with Crippen molar-refractivity contribution in [2.24, 2.45) is 0 Å². The molecule has 0 aromatic heterocycles. The van der Waals surface area contributed by atoms with Gasteiger partial charge in [0.05, 0.1) is 17.0 Å². The zero-order valence-electron chi connectivity index (χ0n) is 15.8. The number of carbonyl (C=O) groups is 1. The molecule has 2 N–H and O–H groups in total. The van der Waals surface area contributed by atoms with Gasteiger partial charge in [0, 0.05) is 5.69 Å². The third-order valence-corrected chi connectivity index (χ3v) is 5.67. The average molecular weight is 394 g/mol. The Labute approximate surface area is 165 Å². The molecule has 0 saturated heterocycles. The van der Waals surface area contributed by atoms with Crippen LogP contribution in [0.4, 0.5) is 11.4 Å². The molecular weight excluding hydrogens is 372 g/mol. The van der Waals surface area contributed by atoms with Crippen LogP contribution < -0.4 is 10.0 Å². The number of rotatable bonds is 6. The lowest BCUT2D eigenvalue weighted by molar-refractivity contribution is -0.115. The van der Waals surface area contributed by atoms with E-state index in [2.05, 4.69) is 10.0 Å². The molecule has 0 fully saturated rings. The van der Waals surface area contributed by atoms with Crippen molar-refractivity contribution in [1.82, 2.24) is 0 Å². The summed E-state index contributed by atoms with van der Waals surface area (Å²) in [7, 11) is -3.71. The molecule has 5 nitrogen and oxygen atoms in total. The highest BCUT2D eigenvalue weighted by Gasteiger charge is 2.15. The van der Waals surface area contributed by atoms with Gasteiger partial charge in [-0.15, -0.1) is 0 Å². The quantitative estimate of drug-likeness (QED) is 0.655. The number of hydrogen-bond donors (Lipinski definition) is 2. The summed E-state index contributed by atoms with van der Waals surface area (Å²) in [6, 6.07) is 21.1. The molecule has 0 spiro atoms. The van der Waals surface area contributed by atoms with Gasteiger partial charge in [0.15, 0.2) is 0 Å². The molecule has 0 radical (unpaired) electrons. The fourth-order valence-electron chi connectivity index (χ4n) is 2.75. The predicted octanol–water partition coefficient (Wildman–Crippen LogP) is 4.29. The summed E-state index contributed by atoms with van der Waals surface area (Å²) in [4.78, 5) is 12.3. The highest BCUT2D eigenvalue weighted by Crippen LogP contribution is 2.22. The molecule has 0 atom stereocenters. The van der Waals surface area contributed by atoms with E-state index in [9.17, 15) is 13.2 Å². The molecule has 0 heterocycles. The van der Waals surface area contributed by atoms with Gasteiger partial charge in [-0.2, -0.15) is 0 Å². The van der Waals surface area contributed by atoms with E-state index >= 15 is 0 Å². The lowest BCUT2D eigenvalue weighted by Gasteiger charge is -2.12. The van der Waals surface area contributed by atoms with Crippen LogP contribution in [0.1, 0.15) is 16.7 Å². The Morgan fingerprint density at radius 1 is 0.893 bits per heavy atom. The first-order valence-electron chi connectivity index (χ1n) is 8.87. The van der Waals surface area contributed by atoms with Gasteiger partial charge in [-0.3, -0.25) is 9.52 Å². The normalized spacial score (nSPS) is 11.1. The average Bonchev–Trinajstić information content (AvgIpc) is 2.66. The standard InChI is InChI=1S/C22H22N2O3S/c1-16-8-9-17(2)21(14-16)24-28(26,27)20-12-10-19(11-13-20)23-22(25)15-18-6-4-3-5-7-18/h3-14,24H,15H2,1-2H3,(H,23,25). The number of sulfonamides is 1. The van der Waals surface area contributed by atoms with Crippen molar-refractivity contribution in [2.45, 2.75) is 25.2 Å². The van der Waals surface area contributed by atoms with E-state index in [1.807, 2.05) is 56.3 Å². The fraction of sp³-hybridized carbons (Fsp3) is 0.136. The van der Waals surface area contributed by atoms with Crippen molar-refractivity contribution in [3.63, 3.8) is 0 Å². The molecule has 6 heteroatoms. The Morgan fingerprint density at radius 3 is 2.25 bits per heavy atom. The Hall–Kier alpha value is -3.12. The predicted molar refractivity (Wildman–Crippen MR) is 112 cm³/mol. The maximum Gasteiger partial charge on any atom is 0.261 e. The number of hydrogen-bond acceptors (Lipinski definition) is 3. The van der Waals surface area contributed by atoms with Crippen molar-refractivity contribution in [1.29, 1.82) is 0 Å². The van der Waals surface area contributed by atoms with Crippen LogP contribution in [0.3, 0.4) is 0 Å². The number of anilines is 2. The number of aryl methyl sites for hydroxylation is 2. The molecule has 0 aliphatic rings. The molecule has 0 bridgehead atoms. The Balaban J connectivity index is 1.69. The second kappa shape index (κ2) is 8.27. The maximum absolute atomic E-state index is 12.6. The first-order valence-corrected chi connectivity index (χ1v) is 10.4. The maximum atomic E-state index is 12.6. The van der Waals surface area contributed by atoms with E-state index in [1.54, 1.807) is 18.2 Å². The fourth-order valence-corrected chi connectivity index (χ4v) is 3.88. The summed E-state index contributed by atoms with van der Waals surface area (Å²) in [5.41, 5.74) is 3.84. The SMILES string of the molecule is Cc1ccc(C)c(NS(=O)(=O)c2ccc(NC(=O)Cc3ccccc3)cc2)c1. The van der Waals surface area contributed by atoms with Gasteiger partial charge < -0.3 is 5.32 Å². The summed E-state index contributed by atoms with van der Waals surface area (Å²) in [6.07, 6.45) is 0.259. The van der Waals surface area contributed by atoms with Crippen LogP contribution in [0.15, 0.2) is 77.7 Å². The van der Waals surface area contributed by atoms with E-state index in [0.717, 1.165) is 16.7 Å². The molecule has 3 aromatic rings. The van der Waals surface area contributed by atoms with Gasteiger partial charge >= 0.3 is 0 Å². The van der Waals surface area contributed by atoms with Crippen molar-refractivity contribution in [2.75, 3.05) is 10.0 Å². The van der Waals surface area contributed by atoms with E-state index in [-0.39, 0.29) is 17.2 Å². The molecule has 0 unspecified atom stereocenters. The van der Waals surface area contributed by atoms with Crippen LogP contribution >= 0.6 is 0 Å². The van der Waals surface area contributed by atoms with Crippen LogP contribution in [0, 0.1) is 13.8 Å². The molecule has 0 aliphatic heterocycles. The minimum atomic E-state index is -3.71. The van der Waals surface area contributed by atoms with Crippen molar-refractivity contribution >= 4 is 27.3 Å². The summed E-state index contributed by atoms with van der Waals surface area (Å²) in [5, 5.41) is 2.78. The number of amides is 1. The minimum Gasteiger partial charge on any atom is -0.326 e. The van der Waals surface area contributed by atoms with E-state index in [1.165, 1.54) is 12.1 Å². The number of benzene rings is 3. The Morgan fingerprint density at radius 2 is 1.57 bits per heavy atom. The van der Waals surface area contributed by atoms with Crippen LogP contribution in [0.2, 0.25) is 0 Å². The van der Waals surface area contributed by atoms with Crippen LogP contribution in [-0.4, -0.2) is 14.3 Å². The van der Waals surface area contributed by atoms with Crippen molar-refractivity contribution in [3.05, 3.63) is 89.5 Å². The van der Waals surface area contributed by atoms with Gasteiger partial charge in [0.25, 0.3) is 10.0 Å². The first-order chi connectivity index (χ1) is 13.3. The molecule has 0 aliphatic carbocycles. The third-order valence-electron chi connectivity index (χ3n) is 4.29. The van der Waals surface area contributed by atoms with Crippen LogP contribution in [-0.2, 0) is 21.2 Å². The molecule has 1 amide bonds. The van der Waals surface area contributed by atoms with Crippen molar-refractivity contribution < 1.29 is 13.2 Å². The van der Waals surface area contributed by atoms with E-state index < -0.39 is 10.0 Å². The largest absolute Gasteiger partial charge is 0.326 e. The van der Waals surface area contributed by atoms with E-state index in [4.69, 9.17) is 0 Å². The summed E-state index contributed by atoms with van der Waals surface area (Å²) in [5.74, 6) is -0.157. The second-order valence-electron chi connectivity index (χ2n) is 6.66. The second-order valence-corrected chi connectivity index (χ2v) is 8.34. The Bertz CT molecular complexity index is 1080. The molecule has 0 saturated carbocycles. The first kappa shape index (κ1) is 19.6. The number of nitrogens with one attached hydrogen (secondary N) is 2. The zero-order valence-corrected chi connectivity index (χ0v) is 16.6. The van der Waals surface area contributed by atoms with Crippen molar-refractivity contribution in [3.8, 4) is 0 Å². The number of carbonyl (C=O) groups excluding carboxylic acids is 1. The van der Waals surface area contributed by atoms with Gasteiger partial charge in [-0.1, -0.05) is 42.5 Å². The van der Waals surface area contributed by atoms with Gasteiger partial charge in [0.1, 0.15) is 0 Å². The zero-order chi connectivity index (χ0) is 20.1. The lowest BCUT2D eigenvalue weighted by atomic mass is 10.1. The molecular formula is C22H22N2O3S. The van der Waals surface area contributed by atoms with Gasteiger partial charge in [0.2, 0.25) is 5.91 Å². The smallest absolute Gasteiger partial charge is 0.261 e. The summed E-state index contributed by atoms with van der Waals surface area (Å²) in [6.45, 7) is 3.76. The van der Waals surface area contributed by atoms with Crippen LogP contribution in [0.5, 0.6) is 0 Å². The monoisotopic (exact) mass is 394 g/mol. The topological polar surface area (TPSA) is 75.3 Å². The van der Waals surface area contributed by atoms with Crippen LogP contribution in [0.25, 0.3) is 0 Å². The summed E-state index contributed by atoms with van der Waals surface area (Å²) < 4.78 is 27.9. The molecule has 144 valence electrons. The highest BCUT2D eigenvalue weighted by molar-refractivity contribution is 7.92.